The fourth-order valence-corrected chi connectivity index (χ4v) is 1.33. The van der Waals surface area contributed by atoms with Gasteiger partial charge in [0.2, 0.25) is 0 Å². The SMILES string of the molecule is CC(C)(C)OC(=O)NCCCCn1cc(N)nn1. The zero-order valence-corrected chi connectivity index (χ0v) is 11.1. The molecule has 1 rings (SSSR count). The number of aryl methyl sites for hydroxylation is 1. The monoisotopic (exact) mass is 255 g/mol. The van der Waals surface area contributed by atoms with Crippen LogP contribution in [0.1, 0.15) is 33.6 Å². The summed E-state index contributed by atoms with van der Waals surface area (Å²) in [5.74, 6) is 0.418. The van der Waals surface area contributed by atoms with Crippen molar-refractivity contribution < 1.29 is 9.53 Å². The number of amides is 1. The third-order valence-corrected chi connectivity index (χ3v) is 2.04. The largest absolute Gasteiger partial charge is 0.444 e. The average Bonchev–Trinajstić information content (AvgIpc) is 2.61. The third-order valence-electron chi connectivity index (χ3n) is 2.04. The Hall–Kier alpha value is -1.79. The average molecular weight is 255 g/mol. The van der Waals surface area contributed by atoms with Crippen molar-refractivity contribution in [2.75, 3.05) is 12.3 Å². The minimum Gasteiger partial charge on any atom is -0.444 e. The number of nitrogens with zero attached hydrogens (tertiary/aromatic N) is 3. The number of hydrogen-bond donors (Lipinski definition) is 2. The van der Waals surface area contributed by atoms with E-state index in [4.69, 9.17) is 10.5 Å². The molecular weight excluding hydrogens is 234 g/mol. The molecule has 0 saturated carbocycles. The van der Waals surface area contributed by atoms with E-state index >= 15 is 0 Å². The summed E-state index contributed by atoms with van der Waals surface area (Å²) >= 11 is 0. The molecule has 0 unspecified atom stereocenters. The van der Waals surface area contributed by atoms with Crippen LogP contribution in [0.5, 0.6) is 0 Å². The Bertz CT molecular complexity index is 383. The Labute approximate surface area is 107 Å². The second-order valence-electron chi connectivity index (χ2n) is 5.04. The topological polar surface area (TPSA) is 95.1 Å². The summed E-state index contributed by atoms with van der Waals surface area (Å²) in [4.78, 5) is 11.3. The first kappa shape index (κ1) is 14.3. The van der Waals surface area contributed by atoms with Gasteiger partial charge < -0.3 is 15.8 Å². The van der Waals surface area contributed by atoms with Gasteiger partial charge in [0.15, 0.2) is 5.82 Å². The highest BCUT2D eigenvalue weighted by Gasteiger charge is 2.15. The van der Waals surface area contributed by atoms with Crippen molar-refractivity contribution in [3.8, 4) is 0 Å². The van der Waals surface area contributed by atoms with Crippen molar-refractivity contribution in [1.82, 2.24) is 20.3 Å². The van der Waals surface area contributed by atoms with E-state index in [0.29, 0.717) is 12.4 Å². The number of carbonyl (C=O) groups excluding carboxylic acids is 1. The van der Waals surface area contributed by atoms with E-state index in [1.54, 1.807) is 10.9 Å². The molecule has 102 valence electrons. The summed E-state index contributed by atoms with van der Waals surface area (Å²) in [6.07, 6.45) is 3.03. The number of alkyl carbamates (subject to hydrolysis) is 1. The van der Waals surface area contributed by atoms with Crippen molar-refractivity contribution in [2.24, 2.45) is 0 Å². The van der Waals surface area contributed by atoms with Crippen molar-refractivity contribution in [1.29, 1.82) is 0 Å². The molecule has 1 amide bonds. The van der Waals surface area contributed by atoms with Crippen LogP contribution in [-0.2, 0) is 11.3 Å². The van der Waals surface area contributed by atoms with E-state index in [1.807, 2.05) is 20.8 Å². The van der Waals surface area contributed by atoms with Gasteiger partial charge in [0.05, 0.1) is 6.20 Å². The molecule has 1 aromatic rings. The first-order valence-corrected chi connectivity index (χ1v) is 5.99. The predicted molar refractivity (Wildman–Crippen MR) is 67.9 cm³/mol. The summed E-state index contributed by atoms with van der Waals surface area (Å²) in [6, 6.07) is 0. The second kappa shape index (κ2) is 6.23. The number of nitrogen functional groups attached to an aromatic ring is 1. The molecule has 18 heavy (non-hydrogen) atoms. The Morgan fingerprint density at radius 2 is 2.22 bits per heavy atom. The standard InChI is InChI=1S/C11H21N5O2/c1-11(2,3)18-10(17)13-6-4-5-7-16-8-9(12)14-15-16/h8H,4-7,12H2,1-3H3,(H,13,17). The molecule has 0 fully saturated rings. The highest BCUT2D eigenvalue weighted by atomic mass is 16.6. The van der Waals surface area contributed by atoms with Gasteiger partial charge in [0.1, 0.15) is 5.60 Å². The lowest BCUT2D eigenvalue weighted by Gasteiger charge is -2.19. The second-order valence-corrected chi connectivity index (χ2v) is 5.04. The molecule has 0 aromatic carbocycles. The van der Waals surface area contributed by atoms with Gasteiger partial charge in [0, 0.05) is 13.1 Å². The van der Waals surface area contributed by atoms with Gasteiger partial charge in [0.25, 0.3) is 0 Å². The molecule has 0 bridgehead atoms. The van der Waals surface area contributed by atoms with E-state index in [9.17, 15) is 4.79 Å². The molecule has 0 aliphatic rings. The van der Waals surface area contributed by atoms with Gasteiger partial charge in [-0.05, 0) is 33.6 Å². The smallest absolute Gasteiger partial charge is 0.407 e. The maximum atomic E-state index is 11.3. The number of hydrogen-bond acceptors (Lipinski definition) is 5. The van der Waals surface area contributed by atoms with Crippen LogP contribution in [0.3, 0.4) is 0 Å². The Morgan fingerprint density at radius 1 is 1.50 bits per heavy atom. The van der Waals surface area contributed by atoms with Crippen LogP contribution in [-0.4, -0.2) is 33.2 Å². The summed E-state index contributed by atoms with van der Waals surface area (Å²) in [7, 11) is 0. The summed E-state index contributed by atoms with van der Waals surface area (Å²) in [6.45, 7) is 6.82. The summed E-state index contributed by atoms with van der Waals surface area (Å²) in [5.41, 5.74) is 4.98. The van der Waals surface area contributed by atoms with Gasteiger partial charge in [-0.25, -0.2) is 4.79 Å². The molecule has 3 N–H and O–H groups in total. The minimum atomic E-state index is -0.456. The predicted octanol–water partition coefficient (Wildman–Crippen LogP) is 1.17. The molecule has 0 saturated heterocycles. The number of ether oxygens (including phenoxy) is 1. The number of nitrogens with one attached hydrogen (secondary N) is 1. The molecule has 1 aromatic heterocycles. The van der Waals surface area contributed by atoms with Crippen LogP contribution in [0.15, 0.2) is 6.20 Å². The normalized spacial score (nSPS) is 11.3. The number of unbranched alkanes of at least 4 members (excludes halogenated alkanes) is 1. The Morgan fingerprint density at radius 3 is 2.78 bits per heavy atom. The molecule has 7 nitrogen and oxygen atoms in total. The lowest BCUT2D eigenvalue weighted by atomic mass is 10.2. The third kappa shape index (κ3) is 6.07. The maximum Gasteiger partial charge on any atom is 0.407 e. The fraction of sp³-hybridized carbons (Fsp3) is 0.727. The van der Waals surface area contributed by atoms with E-state index in [1.165, 1.54) is 0 Å². The number of carbonyl (C=O) groups is 1. The fourth-order valence-electron chi connectivity index (χ4n) is 1.33. The first-order valence-electron chi connectivity index (χ1n) is 5.99. The van der Waals surface area contributed by atoms with Crippen LogP contribution >= 0.6 is 0 Å². The van der Waals surface area contributed by atoms with E-state index in [-0.39, 0.29) is 6.09 Å². The molecule has 1 heterocycles. The molecular formula is C11H21N5O2. The van der Waals surface area contributed by atoms with Crippen LogP contribution < -0.4 is 11.1 Å². The lowest BCUT2D eigenvalue weighted by molar-refractivity contribution is 0.0527. The molecule has 0 aliphatic heterocycles. The highest BCUT2D eigenvalue weighted by Crippen LogP contribution is 2.06. The molecule has 0 atom stereocenters. The number of nitrogens with two attached hydrogens (primary N) is 1. The lowest BCUT2D eigenvalue weighted by Crippen LogP contribution is -2.33. The van der Waals surface area contributed by atoms with Crippen LogP contribution in [0.2, 0.25) is 0 Å². The number of anilines is 1. The van der Waals surface area contributed by atoms with E-state index in [0.717, 1.165) is 19.4 Å². The number of aromatic nitrogens is 3. The van der Waals surface area contributed by atoms with Gasteiger partial charge in [-0.2, -0.15) is 0 Å². The quantitative estimate of drug-likeness (QED) is 0.770. The minimum absolute atomic E-state index is 0.382. The van der Waals surface area contributed by atoms with Crippen molar-refractivity contribution >= 4 is 11.9 Å². The summed E-state index contributed by atoms with van der Waals surface area (Å²) < 4.78 is 6.80. The van der Waals surface area contributed by atoms with Crippen LogP contribution in [0.4, 0.5) is 10.6 Å². The van der Waals surface area contributed by atoms with Gasteiger partial charge >= 0.3 is 6.09 Å². The number of rotatable bonds is 5. The molecule has 0 aliphatic carbocycles. The van der Waals surface area contributed by atoms with E-state index < -0.39 is 5.60 Å². The maximum absolute atomic E-state index is 11.3. The molecule has 0 radical (unpaired) electrons. The van der Waals surface area contributed by atoms with Crippen molar-refractivity contribution in [3.05, 3.63) is 6.20 Å². The summed E-state index contributed by atoms with van der Waals surface area (Å²) in [5, 5.41) is 10.2. The first-order chi connectivity index (χ1) is 8.37. The van der Waals surface area contributed by atoms with E-state index in [2.05, 4.69) is 15.6 Å². The Kier molecular flexibility index (Phi) is 4.94. The zero-order valence-electron chi connectivity index (χ0n) is 11.1. The Balaban J connectivity index is 2.07. The van der Waals surface area contributed by atoms with Gasteiger partial charge in [-0.15, -0.1) is 5.10 Å². The van der Waals surface area contributed by atoms with Crippen molar-refractivity contribution in [3.63, 3.8) is 0 Å². The van der Waals surface area contributed by atoms with Crippen molar-refractivity contribution in [2.45, 2.75) is 45.8 Å². The zero-order chi connectivity index (χ0) is 13.6. The molecule has 0 spiro atoms. The molecule has 7 heteroatoms. The van der Waals surface area contributed by atoms with Crippen LogP contribution in [0, 0.1) is 0 Å². The van der Waals surface area contributed by atoms with Gasteiger partial charge in [-0.1, -0.05) is 5.21 Å². The highest BCUT2D eigenvalue weighted by molar-refractivity contribution is 5.67. The van der Waals surface area contributed by atoms with Gasteiger partial charge in [-0.3, -0.25) is 4.68 Å². The van der Waals surface area contributed by atoms with Crippen LogP contribution in [0.25, 0.3) is 0 Å².